The van der Waals surface area contributed by atoms with Crippen LogP contribution in [0.2, 0.25) is 0 Å². The van der Waals surface area contributed by atoms with E-state index in [0.717, 1.165) is 31.2 Å². The zero-order valence-electron chi connectivity index (χ0n) is 16.8. The van der Waals surface area contributed by atoms with Crippen LogP contribution >= 0.6 is 0 Å². The number of carbonyl (C=O) groups is 1. The van der Waals surface area contributed by atoms with Gasteiger partial charge in [-0.15, -0.1) is 0 Å². The summed E-state index contributed by atoms with van der Waals surface area (Å²) < 4.78 is 0. The summed E-state index contributed by atoms with van der Waals surface area (Å²) in [5.41, 5.74) is 0.0412. The lowest BCUT2D eigenvalue weighted by molar-refractivity contribution is 0.0694. The zero-order chi connectivity index (χ0) is 20.2. The summed E-state index contributed by atoms with van der Waals surface area (Å²) in [4.78, 5) is 11.3. The lowest BCUT2D eigenvalue weighted by atomic mass is 9.98. The number of rotatable bonds is 14. The summed E-state index contributed by atoms with van der Waals surface area (Å²) in [6, 6.07) is 0.994. The summed E-state index contributed by atoms with van der Waals surface area (Å²) in [6.45, 7) is 4.54. The number of benzene rings is 1. The summed E-state index contributed by atoms with van der Waals surface area (Å²) in [7, 11) is 0. The first-order chi connectivity index (χ1) is 12.8. The minimum atomic E-state index is -1.22. The van der Waals surface area contributed by atoms with Gasteiger partial charge in [-0.3, -0.25) is 0 Å². The SMILES string of the molecule is CC(C)CCCCCCCCCCCCc1c(C(=O)O)cc(O)c(O)c1O. The van der Waals surface area contributed by atoms with Crippen molar-refractivity contribution in [1.29, 1.82) is 0 Å². The van der Waals surface area contributed by atoms with E-state index in [-0.39, 0.29) is 11.1 Å². The molecular weight excluding hydrogens is 344 g/mol. The minimum absolute atomic E-state index is 0.153. The monoisotopic (exact) mass is 380 g/mol. The molecule has 0 atom stereocenters. The Balaban J connectivity index is 2.19. The molecule has 27 heavy (non-hydrogen) atoms. The van der Waals surface area contributed by atoms with Gasteiger partial charge in [0.1, 0.15) is 0 Å². The largest absolute Gasteiger partial charge is 0.504 e. The molecule has 0 aliphatic rings. The van der Waals surface area contributed by atoms with E-state index in [1.807, 2.05) is 0 Å². The number of aromatic hydroxyl groups is 3. The number of phenolic OH excluding ortho intramolecular Hbond substituents is 3. The third-order valence-electron chi connectivity index (χ3n) is 5.05. The van der Waals surface area contributed by atoms with E-state index in [1.54, 1.807) is 0 Å². The highest BCUT2D eigenvalue weighted by Crippen LogP contribution is 2.40. The van der Waals surface area contributed by atoms with E-state index in [2.05, 4.69) is 13.8 Å². The van der Waals surface area contributed by atoms with Crippen molar-refractivity contribution in [3.8, 4) is 17.2 Å². The van der Waals surface area contributed by atoms with E-state index < -0.39 is 23.2 Å². The van der Waals surface area contributed by atoms with Gasteiger partial charge in [-0.1, -0.05) is 78.1 Å². The maximum absolute atomic E-state index is 11.3. The Morgan fingerprint density at radius 1 is 0.815 bits per heavy atom. The first-order valence-electron chi connectivity index (χ1n) is 10.3. The molecule has 0 radical (unpaired) electrons. The Bertz CT molecular complexity index is 581. The fraction of sp³-hybridized carbons (Fsp3) is 0.682. The molecule has 154 valence electrons. The molecule has 0 heterocycles. The Morgan fingerprint density at radius 2 is 1.30 bits per heavy atom. The van der Waals surface area contributed by atoms with Gasteiger partial charge in [0.2, 0.25) is 5.75 Å². The summed E-state index contributed by atoms with van der Waals surface area (Å²) in [5.74, 6) is -2.20. The van der Waals surface area contributed by atoms with Gasteiger partial charge < -0.3 is 20.4 Å². The molecule has 5 nitrogen and oxygen atoms in total. The van der Waals surface area contributed by atoms with E-state index in [9.17, 15) is 25.2 Å². The van der Waals surface area contributed by atoms with Crippen molar-refractivity contribution in [2.24, 2.45) is 5.92 Å². The molecule has 0 amide bonds. The number of carboxylic acids is 1. The van der Waals surface area contributed by atoms with Crippen molar-refractivity contribution >= 4 is 5.97 Å². The van der Waals surface area contributed by atoms with Crippen molar-refractivity contribution in [3.05, 3.63) is 17.2 Å². The molecule has 1 rings (SSSR count). The van der Waals surface area contributed by atoms with Gasteiger partial charge in [0.05, 0.1) is 5.56 Å². The van der Waals surface area contributed by atoms with Crippen LogP contribution in [0.1, 0.15) is 100 Å². The van der Waals surface area contributed by atoms with E-state index in [1.165, 1.54) is 51.4 Å². The maximum Gasteiger partial charge on any atom is 0.336 e. The summed E-state index contributed by atoms with van der Waals surface area (Å²) in [6.07, 6.45) is 13.5. The van der Waals surface area contributed by atoms with Crippen molar-refractivity contribution in [2.75, 3.05) is 0 Å². The Labute approximate surface area is 163 Å². The molecular formula is C22H36O5. The lowest BCUT2D eigenvalue weighted by Gasteiger charge is -2.11. The third-order valence-corrected chi connectivity index (χ3v) is 5.05. The smallest absolute Gasteiger partial charge is 0.336 e. The predicted octanol–water partition coefficient (Wildman–Crippen LogP) is 5.99. The number of unbranched alkanes of at least 4 members (excludes halogenated alkanes) is 9. The van der Waals surface area contributed by atoms with Gasteiger partial charge in [-0.05, 0) is 24.8 Å². The van der Waals surface area contributed by atoms with Gasteiger partial charge >= 0.3 is 5.97 Å². The average Bonchev–Trinajstić information content (AvgIpc) is 2.61. The van der Waals surface area contributed by atoms with E-state index in [4.69, 9.17) is 0 Å². The molecule has 0 spiro atoms. The summed E-state index contributed by atoms with van der Waals surface area (Å²) >= 11 is 0. The van der Waals surface area contributed by atoms with Crippen LogP contribution in [0.25, 0.3) is 0 Å². The lowest BCUT2D eigenvalue weighted by Crippen LogP contribution is -2.03. The molecule has 1 aromatic carbocycles. The van der Waals surface area contributed by atoms with Crippen LogP contribution in [0.4, 0.5) is 0 Å². The van der Waals surface area contributed by atoms with Crippen LogP contribution < -0.4 is 0 Å². The number of hydrogen-bond acceptors (Lipinski definition) is 4. The fourth-order valence-electron chi connectivity index (χ4n) is 3.40. The minimum Gasteiger partial charge on any atom is -0.504 e. The van der Waals surface area contributed by atoms with E-state index >= 15 is 0 Å². The zero-order valence-corrected chi connectivity index (χ0v) is 16.8. The Morgan fingerprint density at radius 3 is 1.78 bits per heavy atom. The molecule has 0 fully saturated rings. The second-order valence-electron chi connectivity index (χ2n) is 7.89. The number of hydrogen-bond donors (Lipinski definition) is 4. The van der Waals surface area contributed by atoms with Crippen LogP contribution in [-0.2, 0) is 6.42 Å². The van der Waals surface area contributed by atoms with Crippen LogP contribution in [-0.4, -0.2) is 26.4 Å². The quantitative estimate of drug-likeness (QED) is 0.235. The van der Waals surface area contributed by atoms with Gasteiger partial charge in [-0.2, -0.15) is 0 Å². The van der Waals surface area contributed by atoms with Crippen LogP contribution in [0.15, 0.2) is 6.07 Å². The number of phenols is 3. The van der Waals surface area contributed by atoms with Crippen LogP contribution in [0.3, 0.4) is 0 Å². The highest BCUT2D eigenvalue weighted by molar-refractivity contribution is 5.91. The molecule has 0 aliphatic heterocycles. The molecule has 0 bridgehead atoms. The molecule has 0 aliphatic carbocycles. The van der Waals surface area contributed by atoms with Crippen LogP contribution in [0, 0.1) is 5.92 Å². The maximum atomic E-state index is 11.3. The molecule has 0 unspecified atom stereocenters. The number of aromatic carboxylic acids is 1. The molecule has 4 N–H and O–H groups in total. The molecule has 0 saturated carbocycles. The third kappa shape index (κ3) is 8.55. The van der Waals surface area contributed by atoms with Crippen molar-refractivity contribution < 1.29 is 25.2 Å². The second-order valence-corrected chi connectivity index (χ2v) is 7.89. The average molecular weight is 381 g/mol. The van der Waals surface area contributed by atoms with Crippen molar-refractivity contribution in [2.45, 2.75) is 90.9 Å². The standard InChI is InChI=1S/C22H36O5/c1-16(2)13-11-9-7-5-3-4-6-8-10-12-14-17-18(22(26)27)15-19(23)21(25)20(17)24/h15-16,23-25H,3-14H2,1-2H3,(H,26,27). The topological polar surface area (TPSA) is 98.0 Å². The molecule has 0 aromatic heterocycles. The highest BCUT2D eigenvalue weighted by Gasteiger charge is 2.20. The summed E-state index contributed by atoms with van der Waals surface area (Å²) in [5, 5.41) is 38.2. The Kier molecular flexibility index (Phi) is 10.7. The highest BCUT2D eigenvalue weighted by atomic mass is 16.4. The second kappa shape index (κ2) is 12.5. The Hall–Kier alpha value is -1.91. The molecule has 0 saturated heterocycles. The molecule has 1 aromatic rings. The van der Waals surface area contributed by atoms with Crippen molar-refractivity contribution in [3.63, 3.8) is 0 Å². The van der Waals surface area contributed by atoms with Crippen molar-refractivity contribution in [1.82, 2.24) is 0 Å². The van der Waals surface area contributed by atoms with Gasteiger partial charge in [0, 0.05) is 5.56 Å². The molecule has 5 heteroatoms. The fourth-order valence-corrected chi connectivity index (χ4v) is 3.40. The van der Waals surface area contributed by atoms with E-state index in [0.29, 0.717) is 6.42 Å². The van der Waals surface area contributed by atoms with Crippen LogP contribution in [0.5, 0.6) is 17.2 Å². The first-order valence-corrected chi connectivity index (χ1v) is 10.3. The number of carboxylic acid groups (broad SMARTS) is 1. The van der Waals surface area contributed by atoms with Gasteiger partial charge in [-0.25, -0.2) is 4.79 Å². The normalized spacial score (nSPS) is 11.2. The predicted molar refractivity (Wildman–Crippen MR) is 108 cm³/mol. The van der Waals surface area contributed by atoms with Gasteiger partial charge in [0.15, 0.2) is 11.5 Å². The first kappa shape index (κ1) is 23.1. The van der Waals surface area contributed by atoms with Gasteiger partial charge in [0.25, 0.3) is 0 Å².